The first-order valence-electron chi connectivity index (χ1n) is 11.4. The van der Waals surface area contributed by atoms with Crippen molar-refractivity contribution in [2.45, 2.75) is 30.6 Å². The molecule has 2 saturated heterocycles. The van der Waals surface area contributed by atoms with Gasteiger partial charge in [-0.25, -0.2) is 9.79 Å². The highest BCUT2D eigenvalue weighted by Gasteiger charge is 2.50. The monoisotopic (exact) mass is 502 g/mol. The van der Waals surface area contributed by atoms with Crippen LogP contribution in [0.15, 0.2) is 47.5 Å². The summed E-state index contributed by atoms with van der Waals surface area (Å²) < 4.78 is 5.74. The van der Waals surface area contributed by atoms with Crippen LogP contribution in [0.2, 0.25) is 5.02 Å². The topological polar surface area (TPSA) is 129 Å². The summed E-state index contributed by atoms with van der Waals surface area (Å²) in [6.07, 6.45) is -8.19. The van der Waals surface area contributed by atoms with E-state index in [-0.39, 0.29) is 0 Å². The summed E-state index contributed by atoms with van der Waals surface area (Å²) in [6.45, 7) is 3.24. The van der Waals surface area contributed by atoms with Gasteiger partial charge in [-0.2, -0.15) is 0 Å². The number of likely N-dealkylation sites (N-methyl/N-ethyl adjacent to an activating group) is 1. The maximum Gasteiger partial charge on any atom is 0.335 e. The van der Waals surface area contributed by atoms with Gasteiger partial charge in [-0.1, -0.05) is 23.7 Å². The normalized spacial score (nSPS) is 29.2. The van der Waals surface area contributed by atoms with Gasteiger partial charge in [0, 0.05) is 36.8 Å². The van der Waals surface area contributed by atoms with Crippen LogP contribution in [0.3, 0.4) is 0 Å². The molecule has 0 aliphatic carbocycles. The van der Waals surface area contributed by atoms with Gasteiger partial charge in [0.05, 0.1) is 17.1 Å². The van der Waals surface area contributed by atoms with Crippen LogP contribution in [-0.2, 0) is 9.53 Å². The standard InChI is InChI=1S/C24H27ClN4O6/c1-27-8-10-28(11-9-27)22-14-4-2-3-5-16(14)29(17-7-6-13(25)12-15(17)26-22)23-20(32)18(30)19(31)21(35-23)24(33)34/h2-7,12,18-21,23,30-32H,8-11H2,1H3,(H,33,34). The molecule has 2 aromatic carbocycles. The number of benzene rings is 2. The number of hydrogen-bond acceptors (Lipinski definition) is 9. The molecule has 0 saturated carbocycles. The van der Waals surface area contributed by atoms with Crippen molar-refractivity contribution < 1.29 is 30.0 Å². The maximum absolute atomic E-state index is 11.8. The molecule has 0 radical (unpaired) electrons. The zero-order valence-corrected chi connectivity index (χ0v) is 19.8. The van der Waals surface area contributed by atoms with Crippen molar-refractivity contribution in [3.8, 4) is 0 Å². The van der Waals surface area contributed by atoms with Gasteiger partial charge in [0.25, 0.3) is 0 Å². The van der Waals surface area contributed by atoms with Crippen molar-refractivity contribution in [2.75, 3.05) is 38.1 Å². The van der Waals surface area contributed by atoms with Gasteiger partial charge in [-0.3, -0.25) is 0 Å². The Morgan fingerprint density at radius 2 is 1.71 bits per heavy atom. The number of hydrogen-bond donors (Lipinski definition) is 4. The van der Waals surface area contributed by atoms with Crippen LogP contribution in [0, 0.1) is 0 Å². The Morgan fingerprint density at radius 1 is 1.00 bits per heavy atom. The summed E-state index contributed by atoms with van der Waals surface area (Å²) in [5, 5.41) is 41.8. The Hall–Kier alpha value is -2.73. The first-order valence-corrected chi connectivity index (χ1v) is 11.8. The van der Waals surface area contributed by atoms with Crippen molar-refractivity contribution in [1.29, 1.82) is 0 Å². The molecule has 2 fully saturated rings. The van der Waals surface area contributed by atoms with Crippen molar-refractivity contribution in [2.24, 2.45) is 4.99 Å². The molecule has 5 unspecified atom stereocenters. The number of aliphatic carboxylic acids is 1. The molecule has 5 rings (SSSR count). The number of anilines is 2. The fourth-order valence-corrected chi connectivity index (χ4v) is 4.95. The molecule has 0 aromatic heterocycles. The minimum Gasteiger partial charge on any atom is -0.479 e. The number of ether oxygens (including phenoxy) is 1. The predicted molar refractivity (Wildman–Crippen MR) is 130 cm³/mol. The van der Waals surface area contributed by atoms with Crippen molar-refractivity contribution in [3.63, 3.8) is 0 Å². The van der Waals surface area contributed by atoms with Gasteiger partial charge in [0.15, 0.2) is 12.3 Å². The number of aliphatic hydroxyl groups excluding tert-OH is 3. The summed E-state index contributed by atoms with van der Waals surface area (Å²) in [5.41, 5.74) is 2.39. The first-order chi connectivity index (χ1) is 16.8. The fourth-order valence-electron chi connectivity index (χ4n) is 4.78. The Kier molecular flexibility index (Phi) is 6.43. The van der Waals surface area contributed by atoms with Crippen LogP contribution in [0.1, 0.15) is 5.56 Å². The average Bonchev–Trinajstić information content (AvgIpc) is 2.98. The second-order valence-corrected chi connectivity index (χ2v) is 9.44. The highest BCUT2D eigenvalue weighted by Crippen LogP contribution is 2.44. The molecule has 3 aliphatic rings. The number of rotatable bonds is 2. The molecular weight excluding hydrogens is 476 g/mol. The molecule has 35 heavy (non-hydrogen) atoms. The number of aliphatic hydroxyl groups is 3. The molecule has 11 heteroatoms. The van der Waals surface area contributed by atoms with Gasteiger partial charge in [0.1, 0.15) is 24.1 Å². The van der Waals surface area contributed by atoms with E-state index in [1.165, 1.54) is 0 Å². The molecular formula is C24H27ClN4O6. The summed E-state index contributed by atoms with van der Waals surface area (Å²) in [5.74, 6) is -0.720. The van der Waals surface area contributed by atoms with Crippen LogP contribution in [0.25, 0.3) is 0 Å². The fraction of sp³-hybridized carbons (Fsp3) is 0.417. The Balaban J connectivity index is 1.67. The Labute approximate surface area is 207 Å². The van der Waals surface area contributed by atoms with E-state index in [1.54, 1.807) is 23.1 Å². The summed E-state index contributed by atoms with van der Waals surface area (Å²) >= 11 is 6.32. The minimum absolute atomic E-state index is 0.458. The van der Waals surface area contributed by atoms with Crippen molar-refractivity contribution in [1.82, 2.24) is 9.80 Å². The van der Waals surface area contributed by atoms with Crippen molar-refractivity contribution >= 4 is 40.5 Å². The lowest BCUT2D eigenvalue weighted by Gasteiger charge is -2.44. The van der Waals surface area contributed by atoms with Crippen molar-refractivity contribution in [3.05, 3.63) is 53.1 Å². The molecule has 4 N–H and O–H groups in total. The van der Waals surface area contributed by atoms with E-state index in [0.29, 0.717) is 22.1 Å². The molecule has 5 atom stereocenters. The second kappa shape index (κ2) is 9.38. The van der Waals surface area contributed by atoms with E-state index in [2.05, 4.69) is 16.8 Å². The lowest BCUT2D eigenvalue weighted by atomic mass is 9.96. The number of amidine groups is 1. The summed E-state index contributed by atoms with van der Waals surface area (Å²) in [6, 6.07) is 12.5. The molecule has 3 aliphatic heterocycles. The van der Waals surface area contributed by atoms with Crippen LogP contribution >= 0.6 is 11.6 Å². The smallest absolute Gasteiger partial charge is 0.335 e. The number of carboxylic acid groups (broad SMARTS) is 1. The summed E-state index contributed by atoms with van der Waals surface area (Å²) in [7, 11) is 2.07. The molecule has 10 nitrogen and oxygen atoms in total. The third-order valence-electron chi connectivity index (χ3n) is 6.72. The zero-order chi connectivity index (χ0) is 24.9. The van der Waals surface area contributed by atoms with Gasteiger partial charge >= 0.3 is 5.97 Å². The summed E-state index contributed by atoms with van der Waals surface area (Å²) in [4.78, 5) is 22.8. The van der Waals surface area contributed by atoms with Gasteiger partial charge in [0.2, 0.25) is 0 Å². The van der Waals surface area contributed by atoms with E-state index in [9.17, 15) is 25.2 Å². The van der Waals surface area contributed by atoms with E-state index in [1.807, 2.05) is 24.3 Å². The highest BCUT2D eigenvalue weighted by atomic mass is 35.5. The third-order valence-corrected chi connectivity index (χ3v) is 6.95. The molecule has 0 amide bonds. The number of para-hydroxylation sites is 1. The lowest BCUT2D eigenvalue weighted by Crippen LogP contribution is -2.63. The van der Waals surface area contributed by atoms with Gasteiger partial charge < -0.3 is 39.9 Å². The number of piperazine rings is 1. The Bertz CT molecular complexity index is 1150. The van der Waals surface area contributed by atoms with Crippen LogP contribution in [0.5, 0.6) is 0 Å². The molecule has 2 aromatic rings. The largest absolute Gasteiger partial charge is 0.479 e. The number of carboxylic acids is 1. The molecule has 0 bridgehead atoms. The van der Waals surface area contributed by atoms with Crippen LogP contribution < -0.4 is 4.90 Å². The van der Waals surface area contributed by atoms with Gasteiger partial charge in [-0.05, 0) is 37.4 Å². The zero-order valence-electron chi connectivity index (χ0n) is 19.0. The number of nitrogens with zero attached hydrogens (tertiary/aromatic N) is 4. The third kappa shape index (κ3) is 4.26. The molecule has 3 heterocycles. The van der Waals surface area contributed by atoms with E-state index < -0.39 is 36.6 Å². The SMILES string of the molecule is CN1CCN(C2=Nc3cc(Cl)ccc3N(C3OC(C(=O)O)C(O)C(O)C3O)c3ccccc32)CC1. The maximum atomic E-state index is 11.8. The number of halogens is 1. The molecule has 186 valence electrons. The highest BCUT2D eigenvalue weighted by molar-refractivity contribution is 6.31. The van der Waals surface area contributed by atoms with Crippen LogP contribution in [-0.4, -0.2) is 106 Å². The first kappa shape index (κ1) is 24.0. The van der Waals surface area contributed by atoms with E-state index in [4.69, 9.17) is 21.3 Å². The predicted octanol–water partition coefficient (Wildman–Crippen LogP) is 1.01. The van der Waals surface area contributed by atoms with Crippen LogP contribution in [0.4, 0.5) is 17.1 Å². The average molecular weight is 503 g/mol. The lowest BCUT2D eigenvalue weighted by molar-refractivity contribution is -0.225. The number of aliphatic imine (C=N–C) groups is 1. The van der Waals surface area contributed by atoms with E-state index >= 15 is 0 Å². The van der Waals surface area contributed by atoms with Gasteiger partial charge in [-0.15, -0.1) is 0 Å². The quantitative estimate of drug-likeness (QED) is 0.475. The Morgan fingerprint density at radius 3 is 2.43 bits per heavy atom. The van der Waals surface area contributed by atoms with E-state index in [0.717, 1.165) is 37.6 Å². The minimum atomic E-state index is -1.79. The molecule has 0 spiro atoms. The second-order valence-electron chi connectivity index (χ2n) is 9.00. The number of fused-ring (bicyclic) bond motifs is 2. The number of carbonyl (C=O) groups is 1.